The molecule has 0 N–H and O–H groups in total. The smallest absolute Gasteiger partial charge is 0.419 e. The van der Waals surface area contributed by atoms with Crippen LogP contribution in [0.1, 0.15) is 50.5 Å². The molecule has 0 amide bonds. The average molecular weight is 319 g/mol. The lowest BCUT2D eigenvalue weighted by atomic mass is 10.1. The van der Waals surface area contributed by atoms with Crippen molar-refractivity contribution in [1.82, 2.24) is 4.57 Å². The SMILES string of the molecule is CC.COC(=O)c1ccc2c(C)cn(C(=O)OC(C)(C)C)c2c1. The zero-order chi connectivity index (χ0) is 17.8. The van der Waals surface area contributed by atoms with Gasteiger partial charge in [0.1, 0.15) is 5.60 Å². The first-order valence-corrected chi connectivity index (χ1v) is 7.66. The molecular formula is C18H25NO4. The lowest BCUT2D eigenvalue weighted by Crippen LogP contribution is -2.26. The number of aromatic nitrogens is 1. The van der Waals surface area contributed by atoms with Crippen molar-refractivity contribution in [3.8, 4) is 0 Å². The Hall–Kier alpha value is -2.30. The Morgan fingerprint density at radius 1 is 1.13 bits per heavy atom. The van der Waals surface area contributed by atoms with Crippen LogP contribution in [0.25, 0.3) is 10.9 Å². The summed E-state index contributed by atoms with van der Waals surface area (Å²) in [6.07, 6.45) is 1.24. The fraction of sp³-hybridized carbons (Fsp3) is 0.444. The van der Waals surface area contributed by atoms with E-state index >= 15 is 0 Å². The molecule has 0 aliphatic carbocycles. The number of hydrogen-bond acceptors (Lipinski definition) is 4. The van der Waals surface area contributed by atoms with E-state index in [9.17, 15) is 9.59 Å². The molecule has 1 aromatic carbocycles. The third-order valence-electron chi connectivity index (χ3n) is 3.02. The molecule has 23 heavy (non-hydrogen) atoms. The van der Waals surface area contributed by atoms with E-state index in [4.69, 9.17) is 9.47 Å². The van der Waals surface area contributed by atoms with Crippen LogP contribution in [0.5, 0.6) is 0 Å². The molecule has 0 atom stereocenters. The van der Waals surface area contributed by atoms with Gasteiger partial charge in [-0.05, 0) is 45.4 Å². The number of fused-ring (bicyclic) bond motifs is 1. The van der Waals surface area contributed by atoms with Crippen LogP contribution in [0.3, 0.4) is 0 Å². The van der Waals surface area contributed by atoms with Crippen molar-refractivity contribution in [3.63, 3.8) is 0 Å². The number of carbonyl (C=O) groups is 2. The van der Waals surface area contributed by atoms with Crippen LogP contribution in [0.4, 0.5) is 4.79 Å². The summed E-state index contributed by atoms with van der Waals surface area (Å²) in [6, 6.07) is 5.12. The van der Waals surface area contributed by atoms with Crippen LogP contribution < -0.4 is 0 Å². The van der Waals surface area contributed by atoms with Gasteiger partial charge in [0.2, 0.25) is 0 Å². The van der Waals surface area contributed by atoms with E-state index in [1.807, 2.05) is 41.5 Å². The topological polar surface area (TPSA) is 57.5 Å². The molecular weight excluding hydrogens is 294 g/mol. The van der Waals surface area contributed by atoms with Gasteiger partial charge in [-0.25, -0.2) is 9.59 Å². The number of methoxy groups -OCH3 is 1. The molecule has 0 saturated heterocycles. The highest BCUT2D eigenvalue weighted by Crippen LogP contribution is 2.23. The van der Waals surface area contributed by atoms with Crippen LogP contribution in [0, 0.1) is 6.92 Å². The third-order valence-corrected chi connectivity index (χ3v) is 3.02. The molecule has 0 spiro atoms. The van der Waals surface area contributed by atoms with Gasteiger partial charge in [0.05, 0.1) is 18.2 Å². The van der Waals surface area contributed by atoms with Gasteiger partial charge in [-0.1, -0.05) is 19.9 Å². The normalized spacial score (nSPS) is 10.7. The van der Waals surface area contributed by atoms with E-state index in [1.54, 1.807) is 24.4 Å². The van der Waals surface area contributed by atoms with Crippen LogP contribution in [-0.2, 0) is 9.47 Å². The predicted molar refractivity (Wildman–Crippen MR) is 91.0 cm³/mol. The highest BCUT2D eigenvalue weighted by atomic mass is 16.6. The van der Waals surface area contributed by atoms with Crippen molar-refractivity contribution in [3.05, 3.63) is 35.5 Å². The lowest BCUT2D eigenvalue weighted by molar-refractivity contribution is 0.0541. The second-order valence-corrected chi connectivity index (χ2v) is 5.89. The number of nitrogens with zero attached hydrogens (tertiary/aromatic N) is 1. The number of benzene rings is 1. The molecule has 2 aromatic rings. The fourth-order valence-corrected chi connectivity index (χ4v) is 2.10. The maximum atomic E-state index is 12.3. The maximum absolute atomic E-state index is 12.3. The quantitative estimate of drug-likeness (QED) is 0.724. The van der Waals surface area contributed by atoms with E-state index in [0.717, 1.165) is 10.9 Å². The Balaban J connectivity index is 0.00000127. The van der Waals surface area contributed by atoms with Crippen molar-refractivity contribution in [2.75, 3.05) is 7.11 Å². The zero-order valence-electron chi connectivity index (χ0n) is 14.9. The van der Waals surface area contributed by atoms with Crippen molar-refractivity contribution in [2.24, 2.45) is 0 Å². The van der Waals surface area contributed by atoms with Crippen molar-refractivity contribution >= 4 is 23.0 Å². The highest BCUT2D eigenvalue weighted by Gasteiger charge is 2.20. The average Bonchev–Trinajstić information content (AvgIpc) is 2.83. The first-order valence-electron chi connectivity index (χ1n) is 7.66. The number of carbonyl (C=O) groups excluding carboxylic acids is 2. The van der Waals surface area contributed by atoms with Gasteiger partial charge in [0, 0.05) is 11.6 Å². The summed E-state index contributed by atoms with van der Waals surface area (Å²) in [6.45, 7) is 11.3. The second-order valence-electron chi connectivity index (χ2n) is 5.89. The number of rotatable bonds is 1. The molecule has 0 aliphatic rings. The largest absolute Gasteiger partial charge is 0.465 e. The minimum Gasteiger partial charge on any atom is -0.465 e. The summed E-state index contributed by atoms with van der Waals surface area (Å²) in [5.41, 5.74) is 1.38. The van der Waals surface area contributed by atoms with E-state index in [1.165, 1.54) is 11.7 Å². The Bertz CT molecular complexity index is 708. The van der Waals surface area contributed by atoms with Crippen LogP contribution >= 0.6 is 0 Å². The number of ether oxygens (including phenoxy) is 2. The van der Waals surface area contributed by atoms with Gasteiger partial charge in [-0.15, -0.1) is 0 Å². The Morgan fingerprint density at radius 3 is 2.26 bits per heavy atom. The summed E-state index contributed by atoms with van der Waals surface area (Å²) < 4.78 is 11.5. The molecule has 0 fully saturated rings. The van der Waals surface area contributed by atoms with Crippen molar-refractivity contribution in [1.29, 1.82) is 0 Å². The van der Waals surface area contributed by atoms with Crippen LogP contribution in [-0.4, -0.2) is 29.3 Å². The van der Waals surface area contributed by atoms with E-state index in [-0.39, 0.29) is 0 Å². The van der Waals surface area contributed by atoms with E-state index in [2.05, 4.69) is 0 Å². The van der Waals surface area contributed by atoms with Gasteiger partial charge in [0.15, 0.2) is 0 Å². The fourth-order valence-electron chi connectivity index (χ4n) is 2.10. The maximum Gasteiger partial charge on any atom is 0.419 e. The molecule has 0 saturated carbocycles. The number of esters is 1. The van der Waals surface area contributed by atoms with Gasteiger partial charge in [-0.3, -0.25) is 4.57 Å². The monoisotopic (exact) mass is 319 g/mol. The molecule has 1 aromatic heterocycles. The molecule has 2 rings (SSSR count). The molecule has 126 valence electrons. The summed E-state index contributed by atoms with van der Waals surface area (Å²) >= 11 is 0. The van der Waals surface area contributed by atoms with Gasteiger partial charge < -0.3 is 9.47 Å². The summed E-state index contributed by atoms with van der Waals surface area (Å²) in [4.78, 5) is 23.9. The summed E-state index contributed by atoms with van der Waals surface area (Å²) in [5.74, 6) is -0.438. The second kappa shape index (κ2) is 7.31. The van der Waals surface area contributed by atoms with E-state index in [0.29, 0.717) is 11.1 Å². The third kappa shape index (κ3) is 4.34. The molecule has 5 nitrogen and oxygen atoms in total. The Morgan fingerprint density at radius 2 is 1.74 bits per heavy atom. The molecule has 0 bridgehead atoms. The first kappa shape index (κ1) is 18.7. The minimum atomic E-state index is -0.582. The zero-order valence-corrected chi connectivity index (χ0v) is 14.9. The summed E-state index contributed by atoms with van der Waals surface area (Å²) in [5, 5.41) is 0.897. The molecule has 0 unspecified atom stereocenters. The van der Waals surface area contributed by atoms with Gasteiger partial charge in [0.25, 0.3) is 0 Å². The Labute approximate surface area is 137 Å². The first-order chi connectivity index (χ1) is 10.7. The number of aryl methyl sites for hydroxylation is 1. The molecule has 0 radical (unpaired) electrons. The van der Waals surface area contributed by atoms with Crippen molar-refractivity contribution < 1.29 is 19.1 Å². The van der Waals surface area contributed by atoms with Gasteiger partial charge in [-0.2, -0.15) is 0 Å². The lowest BCUT2D eigenvalue weighted by Gasteiger charge is -2.19. The molecule has 5 heteroatoms. The standard InChI is InChI=1S/C16H19NO4.C2H6/c1-10-9-17(15(19)21-16(2,3)4)13-8-11(14(18)20-5)6-7-12(10)13;1-2/h6-9H,1-5H3;1-2H3. The van der Waals surface area contributed by atoms with Crippen LogP contribution in [0.2, 0.25) is 0 Å². The van der Waals surface area contributed by atoms with Crippen LogP contribution in [0.15, 0.2) is 24.4 Å². The Kier molecular flexibility index (Phi) is 5.96. The summed E-state index contributed by atoms with van der Waals surface area (Å²) in [7, 11) is 1.32. The predicted octanol–water partition coefficient (Wildman–Crippen LogP) is 4.55. The van der Waals surface area contributed by atoms with Crippen molar-refractivity contribution in [2.45, 2.75) is 47.1 Å². The van der Waals surface area contributed by atoms with Gasteiger partial charge >= 0.3 is 12.1 Å². The van der Waals surface area contributed by atoms with E-state index < -0.39 is 17.7 Å². The number of hydrogen-bond donors (Lipinski definition) is 0. The minimum absolute atomic E-state index is 0.396. The highest BCUT2D eigenvalue weighted by molar-refractivity contribution is 5.98. The molecule has 0 aliphatic heterocycles. The molecule has 1 heterocycles.